The largest absolute Gasteiger partial charge is 0.322 e. The molecule has 0 radical (unpaired) electrons. The predicted molar refractivity (Wildman–Crippen MR) is 71.5 cm³/mol. The molecule has 2 amide bonds. The van der Waals surface area contributed by atoms with Crippen molar-refractivity contribution < 1.29 is 4.79 Å². The van der Waals surface area contributed by atoms with Crippen LogP contribution in [-0.4, -0.2) is 42.0 Å². The molecule has 0 aliphatic carbocycles. The summed E-state index contributed by atoms with van der Waals surface area (Å²) in [6.45, 7) is 2.91. The van der Waals surface area contributed by atoms with Gasteiger partial charge >= 0.3 is 6.03 Å². The van der Waals surface area contributed by atoms with Crippen LogP contribution in [0.1, 0.15) is 18.4 Å². The molecular weight excluding hydrogens is 226 g/mol. The summed E-state index contributed by atoms with van der Waals surface area (Å²) in [5.41, 5.74) is 2.18. The third-order valence-electron chi connectivity index (χ3n) is 3.99. The summed E-state index contributed by atoms with van der Waals surface area (Å²) in [4.78, 5) is 16.5. The van der Waals surface area contributed by atoms with Gasteiger partial charge < -0.3 is 15.1 Å². The number of nitrogens with zero attached hydrogens (tertiary/aromatic N) is 2. The fourth-order valence-corrected chi connectivity index (χ4v) is 2.82. The third kappa shape index (κ3) is 2.08. The Morgan fingerprint density at radius 2 is 1.94 bits per heavy atom. The number of amides is 2. The van der Waals surface area contributed by atoms with Crippen LogP contribution >= 0.6 is 0 Å². The lowest BCUT2D eigenvalue weighted by Gasteiger charge is -2.39. The maximum atomic E-state index is 12.1. The van der Waals surface area contributed by atoms with E-state index in [0.717, 1.165) is 38.2 Å². The average Bonchev–Trinajstić information content (AvgIpc) is 2.39. The van der Waals surface area contributed by atoms with Gasteiger partial charge in [-0.25, -0.2) is 4.79 Å². The molecule has 1 saturated heterocycles. The van der Waals surface area contributed by atoms with Crippen LogP contribution in [0.2, 0.25) is 0 Å². The van der Waals surface area contributed by atoms with Crippen molar-refractivity contribution in [3.63, 3.8) is 0 Å². The predicted octanol–water partition coefficient (Wildman–Crippen LogP) is 2.13. The van der Waals surface area contributed by atoms with Crippen LogP contribution in [0.5, 0.6) is 0 Å². The first-order valence-electron chi connectivity index (χ1n) is 6.58. The lowest BCUT2D eigenvalue weighted by atomic mass is 10.0. The van der Waals surface area contributed by atoms with Crippen LogP contribution in [0.25, 0.3) is 0 Å². The summed E-state index contributed by atoms with van der Waals surface area (Å²) in [7, 11) is 2.14. The maximum Gasteiger partial charge on any atom is 0.322 e. The highest BCUT2D eigenvalue weighted by atomic mass is 16.2. The number of carbonyl (C=O) groups is 1. The highest BCUT2D eigenvalue weighted by molar-refractivity contribution is 5.92. The summed E-state index contributed by atoms with van der Waals surface area (Å²) < 4.78 is 0. The second-order valence-electron chi connectivity index (χ2n) is 5.25. The number of anilines is 1. The normalized spacial score (nSPS) is 21.6. The van der Waals surface area contributed by atoms with E-state index in [1.165, 1.54) is 5.56 Å². The molecular formula is C14H19N3O. The Kier molecular flexibility index (Phi) is 2.96. The molecule has 1 aromatic carbocycles. The topological polar surface area (TPSA) is 35.6 Å². The molecule has 0 aromatic heterocycles. The lowest BCUT2D eigenvalue weighted by molar-refractivity contribution is 0.133. The van der Waals surface area contributed by atoms with E-state index in [2.05, 4.69) is 23.3 Å². The number of fused-ring (bicyclic) bond motifs is 1. The van der Waals surface area contributed by atoms with Gasteiger partial charge in [0.25, 0.3) is 0 Å². The number of likely N-dealkylation sites (tertiary alicyclic amines) is 1. The number of rotatable bonds is 1. The van der Waals surface area contributed by atoms with Gasteiger partial charge in [0.05, 0.1) is 0 Å². The first-order chi connectivity index (χ1) is 8.74. The lowest BCUT2D eigenvalue weighted by Crippen LogP contribution is -2.49. The monoisotopic (exact) mass is 245 g/mol. The van der Waals surface area contributed by atoms with E-state index in [1.54, 1.807) is 0 Å². The molecule has 0 unspecified atom stereocenters. The van der Waals surface area contributed by atoms with E-state index >= 15 is 0 Å². The highest BCUT2D eigenvalue weighted by Gasteiger charge is 2.30. The number of piperidine rings is 1. The van der Waals surface area contributed by atoms with Crippen LogP contribution in [0, 0.1) is 0 Å². The number of para-hydroxylation sites is 1. The molecule has 18 heavy (non-hydrogen) atoms. The van der Waals surface area contributed by atoms with Gasteiger partial charge in [-0.2, -0.15) is 0 Å². The van der Waals surface area contributed by atoms with Crippen LogP contribution < -0.4 is 5.32 Å². The van der Waals surface area contributed by atoms with Crippen molar-refractivity contribution in [2.24, 2.45) is 0 Å². The molecule has 4 heteroatoms. The Balaban J connectivity index is 1.76. The Morgan fingerprint density at radius 3 is 2.72 bits per heavy atom. The minimum absolute atomic E-state index is 0.0586. The molecule has 0 spiro atoms. The third-order valence-corrected chi connectivity index (χ3v) is 3.99. The summed E-state index contributed by atoms with van der Waals surface area (Å²) in [6, 6.07) is 8.50. The van der Waals surface area contributed by atoms with E-state index in [9.17, 15) is 4.79 Å². The zero-order chi connectivity index (χ0) is 12.5. The average molecular weight is 245 g/mol. The van der Waals surface area contributed by atoms with Crippen molar-refractivity contribution in [2.75, 3.05) is 25.5 Å². The highest BCUT2D eigenvalue weighted by Crippen LogP contribution is 2.27. The van der Waals surface area contributed by atoms with Gasteiger partial charge in [-0.15, -0.1) is 0 Å². The molecule has 96 valence electrons. The first kappa shape index (κ1) is 11.5. The van der Waals surface area contributed by atoms with E-state index in [4.69, 9.17) is 0 Å². The Bertz CT molecular complexity index is 452. The van der Waals surface area contributed by atoms with Gasteiger partial charge in [-0.3, -0.25) is 0 Å². The van der Waals surface area contributed by atoms with Crippen molar-refractivity contribution in [2.45, 2.75) is 25.4 Å². The standard InChI is InChI=1S/C14H19N3O/c1-16-8-6-12(7-9-16)17-10-11-4-2-3-5-13(11)15-14(17)18/h2-5,12H,6-10H2,1H3,(H,15,18). The molecule has 4 nitrogen and oxygen atoms in total. The summed E-state index contributed by atoms with van der Waals surface area (Å²) in [6.07, 6.45) is 2.15. The Hall–Kier alpha value is -1.55. The van der Waals surface area contributed by atoms with E-state index in [0.29, 0.717) is 6.04 Å². The molecule has 0 atom stereocenters. The second-order valence-corrected chi connectivity index (χ2v) is 5.25. The van der Waals surface area contributed by atoms with Gasteiger partial charge in [0.15, 0.2) is 0 Å². The number of carbonyl (C=O) groups excluding carboxylic acids is 1. The van der Waals surface area contributed by atoms with Crippen molar-refractivity contribution in [3.8, 4) is 0 Å². The number of nitrogens with one attached hydrogen (secondary N) is 1. The van der Waals surface area contributed by atoms with E-state index in [1.807, 2.05) is 23.1 Å². The molecule has 0 saturated carbocycles. The zero-order valence-corrected chi connectivity index (χ0v) is 10.7. The van der Waals surface area contributed by atoms with Crippen LogP contribution in [0.3, 0.4) is 0 Å². The molecule has 1 aromatic rings. The minimum Gasteiger partial charge on any atom is -0.317 e. The fourth-order valence-electron chi connectivity index (χ4n) is 2.82. The summed E-state index contributed by atoms with van der Waals surface area (Å²) in [5, 5.41) is 2.99. The molecule has 3 rings (SSSR count). The summed E-state index contributed by atoms with van der Waals surface area (Å²) in [5.74, 6) is 0. The van der Waals surface area contributed by atoms with Gasteiger partial charge in [-0.1, -0.05) is 18.2 Å². The second kappa shape index (κ2) is 4.61. The molecule has 1 N–H and O–H groups in total. The molecule has 2 aliphatic heterocycles. The van der Waals surface area contributed by atoms with Crippen LogP contribution in [0.15, 0.2) is 24.3 Å². The maximum absolute atomic E-state index is 12.1. The fraction of sp³-hybridized carbons (Fsp3) is 0.500. The van der Waals surface area contributed by atoms with E-state index < -0.39 is 0 Å². The molecule has 2 aliphatic rings. The van der Waals surface area contributed by atoms with Crippen molar-refractivity contribution >= 4 is 11.7 Å². The molecule has 0 bridgehead atoms. The zero-order valence-electron chi connectivity index (χ0n) is 10.7. The minimum atomic E-state index is 0.0586. The quantitative estimate of drug-likeness (QED) is 0.822. The number of benzene rings is 1. The van der Waals surface area contributed by atoms with Crippen molar-refractivity contribution in [1.29, 1.82) is 0 Å². The van der Waals surface area contributed by atoms with E-state index in [-0.39, 0.29) is 6.03 Å². The Morgan fingerprint density at radius 1 is 1.22 bits per heavy atom. The summed E-state index contributed by atoms with van der Waals surface area (Å²) >= 11 is 0. The smallest absolute Gasteiger partial charge is 0.317 e. The van der Waals surface area contributed by atoms with Gasteiger partial charge in [0.2, 0.25) is 0 Å². The number of urea groups is 1. The van der Waals surface area contributed by atoms with Crippen LogP contribution in [-0.2, 0) is 6.54 Å². The molecule has 2 heterocycles. The van der Waals surface area contributed by atoms with Crippen molar-refractivity contribution in [3.05, 3.63) is 29.8 Å². The first-order valence-corrected chi connectivity index (χ1v) is 6.58. The SMILES string of the molecule is CN1CCC(N2Cc3ccccc3NC2=O)CC1. The Labute approximate surface area is 108 Å². The van der Waals surface area contributed by atoms with Gasteiger partial charge in [0, 0.05) is 18.3 Å². The van der Waals surface area contributed by atoms with Gasteiger partial charge in [-0.05, 0) is 44.6 Å². The number of hydrogen-bond donors (Lipinski definition) is 1. The molecule has 1 fully saturated rings. The van der Waals surface area contributed by atoms with Crippen LogP contribution in [0.4, 0.5) is 10.5 Å². The number of hydrogen-bond acceptors (Lipinski definition) is 2. The van der Waals surface area contributed by atoms with Crippen molar-refractivity contribution in [1.82, 2.24) is 9.80 Å². The van der Waals surface area contributed by atoms with Gasteiger partial charge in [0.1, 0.15) is 0 Å².